The highest BCUT2D eigenvalue weighted by Crippen LogP contribution is 2.19. The van der Waals surface area contributed by atoms with Crippen molar-refractivity contribution >= 4 is 39.5 Å². The van der Waals surface area contributed by atoms with Crippen LogP contribution in [0, 0.1) is 6.92 Å². The zero-order valence-corrected chi connectivity index (χ0v) is 14.3. The van der Waals surface area contributed by atoms with Crippen LogP contribution in [0.25, 0.3) is 6.08 Å². The first-order valence-electron chi connectivity index (χ1n) is 7.11. The Balaban J connectivity index is 1.82. The smallest absolute Gasteiger partial charge is 0.244 e. The van der Waals surface area contributed by atoms with E-state index in [1.807, 2.05) is 55.5 Å². The SMILES string of the molecule is Cc1cc(Br)ccc1NC(=O)CNC(=O)C=Cc1ccccc1. The Morgan fingerprint density at radius 3 is 2.57 bits per heavy atom. The molecule has 0 aromatic heterocycles. The monoisotopic (exact) mass is 372 g/mol. The molecule has 2 N–H and O–H groups in total. The molecule has 118 valence electrons. The van der Waals surface area contributed by atoms with Gasteiger partial charge in [0.1, 0.15) is 0 Å². The first kappa shape index (κ1) is 17.0. The average Bonchev–Trinajstić information content (AvgIpc) is 2.54. The van der Waals surface area contributed by atoms with Crippen molar-refractivity contribution in [2.24, 2.45) is 0 Å². The van der Waals surface area contributed by atoms with Gasteiger partial charge in [-0.3, -0.25) is 9.59 Å². The molecule has 0 aliphatic carbocycles. The summed E-state index contributed by atoms with van der Waals surface area (Å²) in [5.74, 6) is -0.576. The van der Waals surface area contributed by atoms with Gasteiger partial charge in [-0.15, -0.1) is 0 Å². The molecule has 2 amide bonds. The molecule has 2 aromatic rings. The number of hydrogen-bond acceptors (Lipinski definition) is 2. The van der Waals surface area contributed by atoms with E-state index in [2.05, 4.69) is 26.6 Å². The molecule has 0 saturated carbocycles. The lowest BCUT2D eigenvalue weighted by atomic mass is 10.2. The summed E-state index contributed by atoms with van der Waals surface area (Å²) >= 11 is 3.37. The Hall–Kier alpha value is -2.40. The predicted octanol–water partition coefficient (Wildman–Crippen LogP) is 3.53. The maximum Gasteiger partial charge on any atom is 0.244 e. The molecule has 0 aliphatic heterocycles. The summed E-state index contributed by atoms with van der Waals surface area (Å²) in [5, 5.41) is 5.32. The van der Waals surface area contributed by atoms with Gasteiger partial charge in [-0.1, -0.05) is 46.3 Å². The van der Waals surface area contributed by atoms with E-state index in [0.29, 0.717) is 0 Å². The average molecular weight is 373 g/mol. The van der Waals surface area contributed by atoms with E-state index in [1.54, 1.807) is 6.08 Å². The van der Waals surface area contributed by atoms with Crippen LogP contribution in [0.4, 0.5) is 5.69 Å². The van der Waals surface area contributed by atoms with E-state index in [9.17, 15) is 9.59 Å². The Morgan fingerprint density at radius 1 is 1.13 bits per heavy atom. The lowest BCUT2D eigenvalue weighted by Gasteiger charge is -2.09. The van der Waals surface area contributed by atoms with Crippen molar-refractivity contribution in [1.29, 1.82) is 0 Å². The number of carbonyl (C=O) groups is 2. The summed E-state index contributed by atoms with van der Waals surface area (Å²) in [5.41, 5.74) is 2.60. The van der Waals surface area contributed by atoms with Crippen LogP contribution >= 0.6 is 15.9 Å². The normalized spacial score (nSPS) is 10.5. The van der Waals surface area contributed by atoms with Gasteiger partial charge in [-0.2, -0.15) is 0 Å². The van der Waals surface area contributed by atoms with Crippen LogP contribution in [0.5, 0.6) is 0 Å². The largest absolute Gasteiger partial charge is 0.343 e. The molecule has 0 spiro atoms. The fraction of sp³-hybridized carbons (Fsp3) is 0.111. The van der Waals surface area contributed by atoms with Crippen LogP contribution in [-0.4, -0.2) is 18.4 Å². The van der Waals surface area contributed by atoms with Gasteiger partial charge in [0.25, 0.3) is 0 Å². The highest BCUT2D eigenvalue weighted by Gasteiger charge is 2.06. The molecule has 5 heteroatoms. The second-order valence-electron chi connectivity index (χ2n) is 4.97. The van der Waals surface area contributed by atoms with Gasteiger partial charge in [0.05, 0.1) is 6.54 Å². The van der Waals surface area contributed by atoms with Gasteiger partial charge < -0.3 is 10.6 Å². The Morgan fingerprint density at radius 2 is 1.87 bits per heavy atom. The van der Waals surface area contributed by atoms with Gasteiger partial charge >= 0.3 is 0 Å². The Labute approximate surface area is 143 Å². The minimum absolute atomic E-state index is 0.0759. The molecule has 2 rings (SSSR count). The number of halogens is 1. The topological polar surface area (TPSA) is 58.2 Å². The standard InChI is InChI=1S/C18H17BrN2O2/c1-13-11-15(19)8-9-16(13)21-18(23)12-20-17(22)10-7-14-5-3-2-4-6-14/h2-11H,12H2,1H3,(H,20,22)(H,21,23). The summed E-state index contributed by atoms with van der Waals surface area (Å²) in [7, 11) is 0. The summed E-state index contributed by atoms with van der Waals surface area (Å²) < 4.78 is 0.951. The molecular weight excluding hydrogens is 356 g/mol. The summed E-state index contributed by atoms with van der Waals surface area (Å²) in [6.45, 7) is 1.83. The molecule has 0 atom stereocenters. The summed E-state index contributed by atoms with van der Waals surface area (Å²) in [6, 6.07) is 15.1. The number of aryl methyl sites for hydroxylation is 1. The molecule has 0 heterocycles. The van der Waals surface area contributed by atoms with Crippen molar-refractivity contribution in [3.63, 3.8) is 0 Å². The van der Waals surface area contributed by atoms with Crippen LogP contribution in [0.1, 0.15) is 11.1 Å². The maximum absolute atomic E-state index is 11.9. The number of amides is 2. The zero-order valence-electron chi connectivity index (χ0n) is 12.7. The van der Waals surface area contributed by atoms with Gasteiger partial charge in [0.2, 0.25) is 11.8 Å². The number of carbonyl (C=O) groups excluding carboxylic acids is 2. The minimum atomic E-state index is -0.309. The number of anilines is 1. The van der Waals surface area contributed by atoms with E-state index in [1.165, 1.54) is 6.08 Å². The molecule has 0 radical (unpaired) electrons. The molecule has 0 aliphatic rings. The third-order valence-electron chi connectivity index (χ3n) is 3.11. The fourth-order valence-corrected chi connectivity index (χ4v) is 2.40. The number of nitrogens with one attached hydrogen (secondary N) is 2. The van der Waals surface area contributed by atoms with E-state index in [4.69, 9.17) is 0 Å². The fourth-order valence-electron chi connectivity index (χ4n) is 1.92. The number of rotatable bonds is 5. The number of hydrogen-bond donors (Lipinski definition) is 2. The van der Waals surface area contributed by atoms with Gasteiger partial charge in [0, 0.05) is 16.2 Å². The van der Waals surface area contributed by atoms with Crippen molar-refractivity contribution in [3.8, 4) is 0 Å². The second kappa shape index (κ2) is 8.29. The lowest BCUT2D eigenvalue weighted by molar-refractivity contribution is -0.121. The summed E-state index contributed by atoms with van der Waals surface area (Å²) in [6.07, 6.45) is 3.11. The van der Waals surface area contributed by atoms with Crippen LogP contribution < -0.4 is 10.6 Å². The Kier molecular flexibility index (Phi) is 6.11. The van der Waals surface area contributed by atoms with Crippen molar-refractivity contribution in [3.05, 3.63) is 70.2 Å². The Bertz CT molecular complexity index is 727. The van der Waals surface area contributed by atoms with E-state index in [-0.39, 0.29) is 18.4 Å². The van der Waals surface area contributed by atoms with Gasteiger partial charge in [0.15, 0.2) is 0 Å². The molecule has 0 fully saturated rings. The third-order valence-corrected chi connectivity index (χ3v) is 3.61. The molecule has 23 heavy (non-hydrogen) atoms. The van der Waals surface area contributed by atoms with Crippen LogP contribution in [0.15, 0.2) is 59.1 Å². The predicted molar refractivity (Wildman–Crippen MR) is 96.0 cm³/mol. The molecule has 4 nitrogen and oxygen atoms in total. The first-order chi connectivity index (χ1) is 11.0. The molecule has 0 saturated heterocycles. The zero-order chi connectivity index (χ0) is 16.7. The highest BCUT2D eigenvalue weighted by molar-refractivity contribution is 9.10. The minimum Gasteiger partial charge on any atom is -0.343 e. The van der Waals surface area contributed by atoms with E-state index >= 15 is 0 Å². The van der Waals surface area contributed by atoms with Crippen molar-refractivity contribution in [1.82, 2.24) is 5.32 Å². The molecule has 0 bridgehead atoms. The number of benzene rings is 2. The summed E-state index contributed by atoms with van der Waals surface area (Å²) in [4.78, 5) is 23.6. The third kappa shape index (κ3) is 5.71. The van der Waals surface area contributed by atoms with Crippen LogP contribution in [0.3, 0.4) is 0 Å². The lowest BCUT2D eigenvalue weighted by Crippen LogP contribution is -2.31. The highest BCUT2D eigenvalue weighted by atomic mass is 79.9. The van der Waals surface area contributed by atoms with Crippen molar-refractivity contribution < 1.29 is 9.59 Å². The van der Waals surface area contributed by atoms with Crippen LogP contribution in [-0.2, 0) is 9.59 Å². The quantitative estimate of drug-likeness (QED) is 0.788. The van der Waals surface area contributed by atoms with Crippen LogP contribution in [0.2, 0.25) is 0 Å². The van der Waals surface area contributed by atoms with Crippen molar-refractivity contribution in [2.75, 3.05) is 11.9 Å². The molecular formula is C18H17BrN2O2. The maximum atomic E-state index is 11.9. The van der Waals surface area contributed by atoms with Crippen molar-refractivity contribution in [2.45, 2.75) is 6.92 Å². The van der Waals surface area contributed by atoms with E-state index in [0.717, 1.165) is 21.3 Å². The molecule has 2 aromatic carbocycles. The molecule has 0 unspecified atom stereocenters. The van der Waals surface area contributed by atoms with Gasteiger partial charge in [-0.05, 0) is 42.3 Å². The van der Waals surface area contributed by atoms with Gasteiger partial charge in [-0.25, -0.2) is 0 Å². The second-order valence-corrected chi connectivity index (χ2v) is 5.88. The van der Waals surface area contributed by atoms with E-state index < -0.39 is 0 Å². The first-order valence-corrected chi connectivity index (χ1v) is 7.91.